The second kappa shape index (κ2) is 6.40. The van der Waals surface area contributed by atoms with Crippen molar-refractivity contribution in [3.05, 3.63) is 29.8 Å². The van der Waals surface area contributed by atoms with Gasteiger partial charge in [0.1, 0.15) is 5.75 Å². The highest BCUT2D eigenvalue weighted by Gasteiger charge is 2.48. The Labute approximate surface area is 144 Å². The van der Waals surface area contributed by atoms with Gasteiger partial charge in [0.25, 0.3) is 0 Å². The summed E-state index contributed by atoms with van der Waals surface area (Å²) in [6, 6.07) is 8.33. The standard InChI is InChI=1S/C20H28N2O2/c1-24-18-6-4-16(5-7-18)14-21-11-8-20(9-12-21)10-13-22(19(20)23)15-17-2-3-17/h4-7,17H,2-3,8-15H2,1H3. The Balaban J connectivity index is 1.32. The van der Waals surface area contributed by atoms with Crippen molar-refractivity contribution < 1.29 is 9.53 Å². The lowest BCUT2D eigenvalue weighted by atomic mass is 9.77. The molecule has 3 aliphatic rings. The SMILES string of the molecule is COc1ccc(CN2CCC3(CC2)CCN(CC2CC2)C3=O)cc1. The molecule has 4 heteroatoms. The van der Waals surface area contributed by atoms with Crippen LogP contribution in [-0.2, 0) is 11.3 Å². The van der Waals surface area contributed by atoms with Crippen molar-refractivity contribution in [3.63, 3.8) is 0 Å². The van der Waals surface area contributed by atoms with Gasteiger partial charge < -0.3 is 9.64 Å². The third-order valence-corrected chi connectivity index (χ3v) is 6.16. The summed E-state index contributed by atoms with van der Waals surface area (Å²) >= 11 is 0. The molecule has 2 heterocycles. The van der Waals surface area contributed by atoms with Gasteiger partial charge in [-0.1, -0.05) is 12.1 Å². The van der Waals surface area contributed by atoms with E-state index < -0.39 is 0 Å². The lowest BCUT2D eigenvalue weighted by molar-refractivity contribution is -0.138. The predicted octanol–water partition coefficient (Wildman–Crippen LogP) is 2.92. The lowest BCUT2D eigenvalue weighted by Crippen LogP contribution is -2.44. The molecular weight excluding hydrogens is 300 g/mol. The molecule has 1 spiro atoms. The Hall–Kier alpha value is -1.55. The molecule has 1 aliphatic carbocycles. The van der Waals surface area contributed by atoms with Crippen LogP contribution in [0.15, 0.2) is 24.3 Å². The summed E-state index contributed by atoms with van der Waals surface area (Å²) in [6.07, 6.45) is 5.79. The zero-order valence-electron chi connectivity index (χ0n) is 14.7. The number of carbonyl (C=O) groups is 1. The fourth-order valence-corrected chi connectivity index (χ4v) is 4.27. The number of likely N-dealkylation sites (tertiary alicyclic amines) is 2. The maximum absolute atomic E-state index is 12.9. The molecule has 0 N–H and O–H groups in total. The molecule has 1 amide bonds. The van der Waals surface area contributed by atoms with E-state index in [9.17, 15) is 4.79 Å². The number of methoxy groups -OCH3 is 1. The number of hydrogen-bond donors (Lipinski definition) is 0. The number of piperidine rings is 1. The number of benzene rings is 1. The quantitative estimate of drug-likeness (QED) is 0.833. The minimum Gasteiger partial charge on any atom is -0.497 e. The number of nitrogens with zero attached hydrogens (tertiary/aromatic N) is 2. The number of ether oxygens (including phenoxy) is 1. The van der Waals surface area contributed by atoms with Gasteiger partial charge in [0, 0.05) is 19.6 Å². The van der Waals surface area contributed by atoms with E-state index in [2.05, 4.69) is 21.9 Å². The van der Waals surface area contributed by atoms with Gasteiger partial charge >= 0.3 is 0 Å². The molecule has 24 heavy (non-hydrogen) atoms. The zero-order chi connectivity index (χ0) is 16.6. The van der Waals surface area contributed by atoms with Crippen molar-refractivity contribution in [2.24, 2.45) is 11.3 Å². The van der Waals surface area contributed by atoms with Crippen LogP contribution in [0.5, 0.6) is 5.75 Å². The molecular formula is C20H28N2O2. The van der Waals surface area contributed by atoms with Crippen molar-refractivity contribution in [3.8, 4) is 5.75 Å². The van der Waals surface area contributed by atoms with Gasteiger partial charge in [-0.05, 0) is 68.8 Å². The summed E-state index contributed by atoms with van der Waals surface area (Å²) in [5, 5.41) is 0. The highest BCUT2D eigenvalue weighted by molar-refractivity contribution is 5.85. The second-order valence-electron chi connectivity index (χ2n) is 7.85. The molecule has 0 unspecified atom stereocenters. The summed E-state index contributed by atoms with van der Waals surface area (Å²) in [7, 11) is 1.70. The van der Waals surface area contributed by atoms with Crippen LogP contribution in [0.3, 0.4) is 0 Å². The third-order valence-electron chi connectivity index (χ3n) is 6.16. The third kappa shape index (κ3) is 3.16. The van der Waals surface area contributed by atoms with Crippen LogP contribution in [0.1, 0.15) is 37.7 Å². The van der Waals surface area contributed by atoms with Gasteiger partial charge in [0.2, 0.25) is 5.91 Å². The molecule has 0 bridgehead atoms. The monoisotopic (exact) mass is 328 g/mol. The fourth-order valence-electron chi connectivity index (χ4n) is 4.27. The Morgan fingerprint density at radius 3 is 2.38 bits per heavy atom. The summed E-state index contributed by atoms with van der Waals surface area (Å²) in [4.78, 5) is 17.5. The molecule has 4 nitrogen and oxygen atoms in total. The van der Waals surface area contributed by atoms with Crippen LogP contribution in [-0.4, -0.2) is 49.0 Å². The van der Waals surface area contributed by atoms with E-state index in [4.69, 9.17) is 4.74 Å². The highest BCUT2D eigenvalue weighted by Crippen LogP contribution is 2.43. The first-order chi connectivity index (χ1) is 11.7. The Morgan fingerprint density at radius 2 is 1.75 bits per heavy atom. The smallest absolute Gasteiger partial charge is 0.228 e. The number of carbonyl (C=O) groups excluding carboxylic acids is 1. The van der Waals surface area contributed by atoms with Crippen molar-refractivity contribution in [2.75, 3.05) is 33.3 Å². The molecule has 2 saturated heterocycles. The lowest BCUT2D eigenvalue weighted by Gasteiger charge is -2.38. The summed E-state index contributed by atoms with van der Waals surface area (Å²) in [6.45, 7) is 5.06. The molecule has 1 aromatic rings. The maximum atomic E-state index is 12.9. The van der Waals surface area contributed by atoms with Crippen LogP contribution in [0.4, 0.5) is 0 Å². The van der Waals surface area contributed by atoms with E-state index in [0.717, 1.165) is 63.7 Å². The first kappa shape index (κ1) is 15.9. The van der Waals surface area contributed by atoms with Crippen molar-refractivity contribution in [1.82, 2.24) is 9.80 Å². The summed E-state index contributed by atoms with van der Waals surface area (Å²) in [5.41, 5.74) is 1.28. The Kier molecular flexibility index (Phi) is 4.25. The van der Waals surface area contributed by atoms with Crippen molar-refractivity contribution in [2.45, 2.75) is 38.6 Å². The predicted molar refractivity (Wildman–Crippen MR) is 93.9 cm³/mol. The van der Waals surface area contributed by atoms with Gasteiger partial charge in [0.15, 0.2) is 0 Å². The van der Waals surface area contributed by atoms with Crippen LogP contribution < -0.4 is 4.74 Å². The van der Waals surface area contributed by atoms with E-state index in [1.165, 1.54) is 18.4 Å². The van der Waals surface area contributed by atoms with Gasteiger partial charge in [0.05, 0.1) is 12.5 Å². The summed E-state index contributed by atoms with van der Waals surface area (Å²) in [5.74, 6) is 2.17. The van der Waals surface area contributed by atoms with Crippen LogP contribution in [0.2, 0.25) is 0 Å². The van der Waals surface area contributed by atoms with Gasteiger partial charge in [-0.15, -0.1) is 0 Å². The molecule has 130 valence electrons. The van der Waals surface area contributed by atoms with Gasteiger partial charge in [-0.3, -0.25) is 9.69 Å². The van der Waals surface area contributed by atoms with E-state index in [1.54, 1.807) is 7.11 Å². The first-order valence-electron chi connectivity index (χ1n) is 9.33. The zero-order valence-corrected chi connectivity index (χ0v) is 14.7. The van der Waals surface area contributed by atoms with Crippen LogP contribution >= 0.6 is 0 Å². The van der Waals surface area contributed by atoms with Crippen molar-refractivity contribution in [1.29, 1.82) is 0 Å². The molecule has 1 aromatic carbocycles. The van der Waals surface area contributed by atoms with E-state index in [-0.39, 0.29) is 5.41 Å². The molecule has 4 rings (SSSR count). The van der Waals surface area contributed by atoms with Crippen LogP contribution in [0, 0.1) is 11.3 Å². The molecule has 0 atom stereocenters. The average molecular weight is 328 g/mol. The average Bonchev–Trinajstić information content (AvgIpc) is 3.39. The minimum atomic E-state index is -0.0364. The van der Waals surface area contributed by atoms with E-state index in [0.29, 0.717) is 5.91 Å². The maximum Gasteiger partial charge on any atom is 0.228 e. The molecule has 0 radical (unpaired) electrons. The van der Waals surface area contributed by atoms with E-state index in [1.807, 2.05) is 12.1 Å². The largest absolute Gasteiger partial charge is 0.497 e. The topological polar surface area (TPSA) is 32.8 Å². The van der Waals surface area contributed by atoms with E-state index >= 15 is 0 Å². The molecule has 3 fully saturated rings. The van der Waals surface area contributed by atoms with Gasteiger partial charge in [-0.2, -0.15) is 0 Å². The highest BCUT2D eigenvalue weighted by atomic mass is 16.5. The van der Waals surface area contributed by atoms with Crippen molar-refractivity contribution >= 4 is 5.91 Å². The molecule has 1 saturated carbocycles. The molecule has 2 aliphatic heterocycles. The van der Waals surface area contributed by atoms with Gasteiger partial charge in [-0.25, -0.2) is 0 Å². The normalized spacial score (nSPS) is 23.9. The first-order valence-corrected chi connectivity index (χ1v) is 9.33. The fraction of sp³-hybridized carbons (Fsp3) is 0.650. The van der Waals surface area contributed by atoms with Crippen LogP contribution in [0.25, 0.3) is 0 Å². The summed E-state index contributed by atoms with van der Waals surface area (Å²) < 4.78 is 5.22. The second-order valence-corrected chi connectivity index (χ2v) is 7.85. The Morgan fingerprint density at radius 1 is 1.08 bits per heavy atom. The minimum absolute atomic E-state index is 0.0364. The molecule has 0 aromatic heterocycles. The number of amides is 1. The number of rotatable bonds is 5. The Bertz CT molecular complexity index is 586. The number of hydrogen-bond acceptors (Lipinski definition) is 3.